The maximum absolute atomic E-state index is 4.63. The molecule has 0 spiro atoms. The second kappa shape index (κ2) is 5.85. The molecule has 106 valence electrons. The highest BCUT2D eigenvalue weighted by Gasteiger charge is 2.22. The van der Waals surface area contributed by atoms with Gasteiger partial charge in [-0.2, -0.15) is 0 Å². The highest BCUT2D eigenvalue weighted by atomic mass is 32.1. The smallest absolute Gasteiger partial charge is 0.188 e. The summed E-state index contributed by atoms with van der Waals surface area (Å²) < 4.78 is 0. The van der Waals surface area contributed by atoms with Crippen LogP contribution in [0.15, 0.2) is 17.6 Å². The highest BCUT2D eigenvalue weighted by molar-refractivity contribution is 7.13. The van der Waals surface area contributed by atoms with Crippen LogP contribution >= 0.6 is 11.3 Å². The van der Waals surface area contributed by atoms with E-state index < -0.39 is 0 Å². The minimum Gasteiger partial charge on any atom is -0.316 e. The van der Waals surface area contributed by atoms with Gasteiger partial charge >= 0.3 is 0 Å². The number of piperidine rings is 1. The molecular formula is C14H19N5S. The normalized spacial score (nSPS) is 20.0. The number of anilines is 2. The monoisotopic (exact) mass is 289 g/mol. The minimum absolute atomic E-state index is 0.405. The van der Waals surface area contributed by atoms with Crippen molar-refractivity contribution in [1.82, 2.24) is 19.9 Å². The third-order valence-electron chi connectivity index (χ3n) is 3.64. The van der Waals surface area contributed by atoms with Crippen LogP contribution < -0.4 is 5.32 Å². The van der Waals surface area contributed by atoms with Crippen molar-refractivity contribution in [2.45, 2.75) is 32.2 Å². The average molecular weight is 289 g/mol. The van der Waals surface area contributed by atoms with Gasteiger partial charge in [0.05, 0.1) is 11.7 Å². The Morgan fingerprint density at radius 1 is 1.35 bits per heavy atom. The van der Waals surface area contributed by atoms with Gasteiger partial charge in [0.1, 0.15) is 11.6 Å². The molecule has 1 N–H and O–H groups in total. The van der Waals surface area contributed by atoms with E-state index in [9.17, 15) is 0 Å². The number of hydrogen-bond donors (Lipinski definition) is 1. The fraction of sp³-hybridized carbons (Fsp3) is 0.500. The summed E-state index contributed by atoms with van der Waals surface area (Å²) in [7, 11) is 2.18. The van der Waals surface area contributed by atoms with Gasteiger partial charge in [0.2, 0.25) is 0 Å². The summed E-state index contributed by atoms with van der Waals surface area (Å²) in [6.07, 6.45) is 5.51. The second-order valence-electron chi connectivity index (χ2n) is 5.18. The number of aromatic nitrogens is 3. The van der Waals surface area contributed by atoms with Crippen LogP contribution in [0, 0.1) is 6.92 Å². The summed E-state index contributed by atoms with van der Waals surface area (Å²) in [5.74, 6) is 1.64. The molecule has 1 aliphatic heterocycles. The van der Waals surface area contributed by atoms with Gasteiger partial charge in [-0.3, -0.25) is 4.90 Å². The Labute approximate surface area is 123 Å². The van der Waals surface area contributed by atoms with E-state index in [1.54, 1.807) is 17.5 Å². The number of hydrogen-bond acceptors (Lipinski definition) is 6. The van der Waals surface area contributed by atoms with Gasteiger partial charge < -0.3 is 5.32 Å². The fourth-order valence-electron chi connectivity index (χ4n) is 2.67. The maximum atomic E-state index is 4.63. The summed E-state index contributed by atoms with van der Waals surface area (Å²) in [6.45, 7) is 3.09. The van der Waals surface area contributed by atoms with Crippen LogP contribution in [-0.4, -0.2) is 33.4 Å². The first-order valence-corrected chi connectivity index (χ1v) is 7.82. The quantitative estimate of drug-likeness (QED) is 0.940. The number of aryl methyl sites for hydroxylation is 1. The van der Waals surface area contributed by atoms with Gasteiger partial charge in [-0.1, -0.05) is 6.42 Å². The number of rotatable bonds is 3. The third kappa shape index (κ3) is 2.96. The predicted molar refractivity (Wildman–Crippen MR) is 81.4 cm³/mol. The van der Waals surface area contributed by atoms with Crippen molar-refractivity contribution in [3.63, 3.8) is 0 Å². The van der Waals surface area contributed by atoms with E-state index in [-0.39, 0.29) is 0 Å². The van der Waals surface area contributed by atoms with Crippen molar-refractivity contribution in [2.75, 3.05) is 18.9 Å². The highest BCUT2D eigenvalue weighted by Crippen LogP contribution is 2.29. The Morgan fingerprint density at radius 2 is 2.25 bits per heavy atom. The molecule has 1 saturated heterocycles. The van der Waals surface area contributed by atoms with Crippen molar-refractivity contribution in [2.24, 2.45) is 0 Å². The average Bonchev–Trinajstić information content (AvgIpc) is 2.91. The van der Waals surface area contributed by atoms with Crippen molar-refractivity contribution in [1.29, 1.82) is 0 Å². The Balaban J connectivity index is 1.86. The number of thiazole rings is 1. The number of likely N-dealkylation sites (tertiary alicyclic amines) is 1. The Bertz CT molecular complexity index is 569. The lowest BCUT2D eigenvalue weighted by molar-refractivity contribution is 0.183. The first-order chi connectivity index (χ1) is 9.72. The zero-order valence-corrected chi connectivity index (χ0v) is 12.7. The lowest BCUT2D eigenvalue weighted by Crippen LogP contribution is -2.30. The molecule has 0 aliphatic carbocycles. The van der Waals surface area contributed by atoms with E-state index in [0.717, 1.165) is 29.0 Å². The van der Waals surface area contributed by atoms with Crippen LogP contribution in [0.3, 0.4) is 0 Å². The van der Waals surface area contributed by atoms with Crippen LogP contribution in [0.4, 0.5) is 10.9 Å². The molecule has 1 aliphatic rings. The predicted octanol–water partition coefficient (Wildman–Crippen LogP) is 3.14. The summed E-state index contributed by atoms with van der Waals surface area (Å²) in [6, 6.07) is 2.46. The Kier molecular flexibility index (Phi) is 3.93. The molecule has 0 amide bonds. The molecule has 1 fully saturated rings. The van der Waals surface area contributed by atoms with Gasteiger partial charge in [-0.15, -0.1) is 11.3 Å². The van der Waals surface area contributed by atoms with Crippen molar-refractivity contribution >= 4 is 22.3 Å². The molecular weight excluding hydrogens is 270 g/mol. The first-order valence-electron chi connectivity index (χ1n) is 6.95. The maximum Gasteiger partial charge on any atom is 0.188 e. The summed E-state index contributed by atoms with van der Waals surface area (Å²) in [5.41, 5.74) is 1.11. The van der Waals surface area contributed by atoms with Gasteiger partial charge in [0, 0.05) is 17.6 Å². The van der Waals surface area contributed by atoms with E-state index in [2.05, 4.69) is 38.3 Å². The van der Waals surface area contributed by atoms with E-state index in [1.807, 2.05) is 12.3 Å². The van der Waals surface area contributed by atoms with Gasteiger partial charge in [0.25, 0.3) is 0 Å². The molecule has 20 heavy (non-hydrogen) atoms. The summed E-state index contributed by atoms with van der Waals surface area (Å²) in [5, 5.41) is 6.07. The van der Waals surface area contributed by atoms with Crippen LogP contribution in [0.5, 0.6) is 0 Å². The lowest BCUT2D eigenvalue weighted by Gasteiger charge is -2.32. The molecule has 0 bridgehead atoms. The second-order valence-corrected chi connectivity index (χ2v) is 6.07. The molecule has 3 heterocycles. The zero-order valence-electron chi connectivity index (χ0n) is 11.8. The van der Waals surface area contributed by atoms with E-state index in [0.29, 0.717) is 6.04 Å². The molecule has 0 saturated carbocycles. The van der Waals surface area contributed by atoms with E-state index >= 15 is 0 Å². The SMILES string of the molecule is Cc1nc(Nc2nccs2)cc([C@@H]2CCCCN2C)n1. The molecule has 6 heteroatoms. The molecule has 2 aromatic heterocycles. The van der Waals surface area contributed by atoms with E-state index in [1.165, 1.54) is 19.3 Å². The zero-order chi connectivity index (χ0) is 13.9. The molecule has 0 aromatic carbocycles. The van der Waals surface area contributed by atoms with Gasteiger partial charge in [-0.25, -0.2) is 15.0 Å². The first kappa shape index (κ1) is 13.5. The van der Waals surface area contributed by atoms with Crippen molar-refractivity contribution in [3.8, 4) is 0 Å². The largest absolute Gasteiger partial charge is 0.316 e. The lowest BCUT2D eigenvalue weighted by atomic mass is 10.00. The standard InChI is InChI=1S/C14H19N5S/c1-10-16-11(12-5-3-4-7-19(12)2)9-13(17-10)18-14-15-6-8-20-14/h6,8-9,12H,3-5,7H2,1-2H3,(H,15,16,17,18)/t12-/m0/s1. The molecule has 2 aromatic rings. The summed E-state index contributed by atoms with van der Waals surface area (Å²) in [4.78, 5) is 15.7. The molecule has 0 radical (unpaired) electrons. The molecule has 1 atom stereocenters. The van der Waals surface area contributed by atoms with Crippen molar-refractivity contribution < 1.29 is 0 Å². The van der Waals surface area contributed by atoms with Gasteiger partial charge in [0.15, 0.2) is 5.13 Å². The molecule has 5 nitrogen and oxygen atoms in total. The van der Waals surface area contributed by atoms with Crippen LogP contribution in [-0.2, 0) is 0 Å². The Hall–Kier alpha value is -1.53. The number of nitrogens with zero attached hydrogens (tertiary/aromatic N) is 4. The van der Waals surface area contributed by atoms with Crippen LogP contribution in [0.2, 0.25) is 0 Å². The Morgan fingerprint density at radius 3 is 3.00 bits per heavy atom. The van der Waals surface area contributed by atoms with Crippen molar-refractivity contribution in [3.05, 3.63) is 29.2 Å². The van der Waals surface area contributed by atoms with Crippen LogP contribution in [0.1, 0.15) is 36.8 Å². The minimum atomic E-state index is 0.405. The van der Waals surface area contributed by atoms with Gasteiger partial charge in [-0.05, 0) is 33.4 Å². The molecule has 3 rings (SSSR count). The number of nitrogens with one attached hydrogen (secondary N) is 1. The summed E-state index contributed by atoms with van der Waals surface area (Å²) >= 11 is 1.57. The molecule has 0 unspecified atom stereocenters. The fourth-order valence-corrected chi connectivity index (χ4v) is 3.20. The van der Waals surface area contributed by atoms with E-state index in [4.69, 9.17) is 0 Å². The van der Waals surface area contributed by atoms with Crippen LogP contribution in [0.25, 0.3) is 0 Å². The topological polar surface area (TPSA) is 53.9 Å². The third-order valence-corrected chi connectivity index (χ3v) is 4.33.